The minimum Gasteiger partial charge on any atom is -0.478 e. The summed E-state index contributed by atoms with van der Waals surface area (Å²) in [5.41, 5.74) is 5.47. The van der Waals surface area contributed by atoms with Gasteiger partial charge in [0.05, 0.1) is 11.4 Å². The Hall–Kier alpha value is -1.78. The maximum Gasteiger partial charge on any atom is 0.340 e. The van der Waals surface area contributed by atoms with Gasteiger partial charge in [0.1, 0.15) is 11.4 Å². The zero-order valence-corrected chi connectivity index (χ0v) is 10.9. The topological polar surface area (TPSA) is 66.6 Å². The molecular formula is C13H19FN2O2. The van der Waals surface area contributed by atoms with Gasteiger partial charge >= 0.3 is 5.97 Å². The molecule has 0 spiro atoms. The van der Waals surface area contributed by atoms with Crippen molar-refractivity contribution < 1.29 is 14.3 Å². The van der Waals surface area contributed by atoms with Crippen LogP contribution in [0.4, 0.5) is 15.8 Å². The van der Waals surface area contributed by atoms with Crippen LogP contribution in [0, 0.1) is 11.7 Å². The number of hydrogen-bond donors (Lipinski definition) is 2. The fraction of sp³-hybridized carbons (Fsp3) is 0.462. The van der Waals surface area contributed by atoms with E-state index in [1.54, 1.807) is 11.9 Å². The number of carbonyl (C=O) groups is 1. The molecule has 0 aliphatic rings. The molecule has 4 nitrogen and oxygen atoms in total. The summed E-state index contributed by atoms with van der Waals surface area (Å²) in [4.78, 5) is 13.0. The molecule has 5 heteroatoms. The van der Waals surface area contributed by atoms with Crippen molar-refractivity contribution in [1.82, 2.24) is 0 Å². The second-order valence-corrected chi connectivity index (χ2v) is 4.55. The van der Waals surface area contributed by atoms with Gasteiger partial charge in [0.15, 0.2) is 0 Å². The van der Waals surface area contributed by atoms with Gasteiger partial charge in [-0.2, -0.15) is 0 Å². The molecule has 1 aromatic rings. The summed E-state index contributed by atoms with van der Waals surface area (Å²) in [6.07, 6.45) is 0.990. The first-order valence-electron chi connectivity index (χ1n) is 5.90. The van der Waals surface area contributed by atoms with Crippen molar-refractivity contribution in [3.8, 4) is 0 Å². The third kappa shape index (κ3) is 2.91. The van der Waals surface area contributed by atoms with Gasteiger partial charge in [-0.05, 0) is 18.1 Å². The van der Waals surface area contributed by atoms with Crippen LogP contribution in [-0.4, -0.2) is 24.7 Å². The fourth-order valence-corrected chi connectivity index (χ4v) is 1.82. The summed E-state index contributed by atoms with van der Waals surface area (Å²) in [5.74, 6) is -1.49. The van der Waals surface area contributed by atoms with Crippen molar-refractivity contribution in [3.05, 3.63) is 23.5 Å². The van der Waals surface area contributed by atoms with Gasteiger partial charge < -0.3 is 15.7 Å². The highest BCUT2D eigenvalue weighted by atomic mass is 19.1. The van der Waals surface area contributed by atoms with Crippen molar-refractivity contribution in [3.63, 3.8) is 0 Å². The van der Waals surface area contributed by atoms with E-state index >= 15 is 0 Å². The number of nitrogen functional groups attached to an aromatic ring is 1. The first kappa shape index (κ1) is 14.3. The molecule has 0 saturated carbocycles. The van der Waals surface area contributed by atoms with Crippen LogP contribution < -0.4 is 10.6 Å². The van der Waals surface area contributed by atoms with Crippen LogP contribution in [0.5, 0.6) is 0 Å². The molecule has 0 amide bonds. The number of aromatic carboxylic acids is 1. The third-order valence-electron chi connectivity index (χ3n) is 3.08. The number of benzene rings is 1. The molecule has 0 radical (unpaired) electrons. The number of hydrogen-bond acceptors (Lipinski definition) is 3. The Balaban J connectivity index is 3.16. The Morgan fingerprint density at radius 2 is 2.17 bits per heavy atom. The predicted molar refractivity (Wildman–Crippen MR) is 70.5 cm³/mol. The number of anilines is 2. The van der Waals surface area contributed by atoms with Crippen LogP contribution in [-0.2, 0) is 0 Å². The van der Waals surface area contributed by atoms with E-state index in [1.807, 2.05) is 0 Å². The molecule has 1 atom stereocenters. The highest BCUT2D eigenvalue weighted by Crippen LogP contribution is 2.28. The Morgan fingerprint density at radius 1 is 1.56 bits per heavy atom. The summed E-state index contributed by atoms with van der Waals surface area (Å²) < 4.78 is 13.3. The van der Waals surface area contributed by atoms with Crippen molar-refractivity contribution in [2.75, 3.05) is 24.2 Å². The Labute approximate surface area is 106 Å². The van der Waals surface area contributed by atoms with E-state index in [4.69, 9.17) is 10.8 Å². The van der Waals surface area contributed by atoms with Gasteiger partial charge in [-0.1, -0.05) is 20.3 Å². The van der Waals surface area contributed by atoms with Crippen LogP contribution in [0.3, 0.4) is 0 Å². The van der Waals surface area contributed by atoms with Crippen molar-refractivity contribution in [2.45, 2.75) is 20.3 Å². The second kappa shape index (κ2) is 5.71. The SMILES string of the molecule is CCC(C)CN(C)c1ccc(F)c(N)c1C(=O)O. The molecule has 1 rings (SSSR count). The summed E-state index contributed by atoms with van der Waals surface area (Å²) in [7, 11) is 1.78. The number of rotatable bonds is 5. The Kier molecular flexibility index (Phi) is 4.53. The number of halogens is 1. The maximum absolute atomic E-state index is 13.3. The average molecular weight is 254 g/mol. The molecule has 0 bridgehead atoms. The first-order chi connectivity index (χ1) is 8.38. The van der Waals surface area contributed by atoms with E-state index in [-0.39, 0.29) is 11.3 Å². The molecule has 0 saturated heterocycles. The molecule has 1 unspecified atom stereocenters. The smallest absolute Gasteiger partial charge is 0.340 e. The molecule has 0 aromatic heterocycles. The molecular weight excluding hydrogens is 235 g/mol. The van der Waals surface area contributed by atoms with Gasteiger partial charge in [-0.3, -0.25) is 0 Å². The van der Waals surface area contributed by atoms with Gasteiger partial charge in [-0.25, -0.2) is 9.18 Å². The molecule has 0 heterocycles. The van der Waals surface area contributed by atoms with Gasteiger partial charge in [-0.15, -0.1) is 0 Å². The van der Waals surface area contributed by atoms with Gasteiger partial charge in [0, 0.05) is 13.6 Å². The zero-order valence-electron chi connectivity index (χ0n) is 10.9. The molecule has 3 N–H and O–H groups in total. The predicted octanol–water partition coefficient (Wildman–Crippen LogP) is 2.59. The lowest BCUT2D eigenvalue weighted by molar-refractivity contribution is 0.0698. The number of nitrogens with zero attached hydrogens (tertiary/aromatic N) is 1. The quantitative estimate of drug-likeness (QED) is 0.792. The number of nitrogens with two attached hydrogens (primary N) is 1. The normalized spacial score (nSPS) is 12.2. The number of carboxylic acid groups (broad SMARTS) is 1. The van der Waals surface area contributed by atoms with E-state index in [9.17, 15) is 9.18 Å². The van der Waals surface area contributed by atoms with Crippen LogP contribution in [0.2, 0.25) is 0 Å². The van der Waals surface area contributed by atoms with E-state index < -0.39 is 11.8 Å². The molecule has 0 aliphatic heterocycles. The monoisotopic (exact) mass is 254 g/mol. The van der Waals surface area contributed by atoms with E-state index in [0.717, 1.165) is 6.42 Å². The van der Waals surface area contributed by atoms with Crippen LogP contribution in [0.15, 0.2) is 12.1 Å². The van der Waals surface area contributed by atoms with Crippen molar-refractivity contribution >= 4 is 17.3 Å². The third-order valence-corrected chi connectivity index (χ3v) is 3.08. The van der Waals surface area contributed by atoms with E-state index in [2.05, 4.69) is 13.8 Å². The minimum atomic E-state index is -1.21. The van der Waals surface area contributed by atoms with Crippen LogP contribution >= 0.6 is 0 Å². The Morgan fingerprint density at radius 3 is 2.67 bits per heavy atom. The molecule has 0 aliphatic carbocycles. The lowest BCUT2D eigenvalue weighted by Crippen LogP contribution is -2.26. The van der Waals surface area contributed by atoms with Crippen molar-refractivity contribution in [2.24, 2.45) is 5.92 Å². The lowest BCUT2D eigenvalue weighted by Gasteiger charge is -2.25. The summed E-state index contributed by atoms with van der Waals surface area (Å²) in [6, 6.07) is 2.65. The summed E-state index contributed by atoms with van der Waals surface area (Å²) in [5, 5.41) is 9.14. The molecule has 100 valence electrons. The summed E-state index contributed by atoms with van der Waals surface area (Å²) in [6.45, 7) is 4.83. The Bertz CT molecular complexity index is 449. The fourth-order valence-electron chi connectivity index (χ4n) is 1.82. The van der Waals surface area contributed by atoms with Crippen molar-refractivity contribution in [1.29, 1.82) is 0 Å². The average Bonchev–Trinajstić information content (AvgIpc) is 2.31. The highest BCUT2D eigenvalue weighted by molar-refractivity contribution is 6.00. The van der Waals surface area contributed by atoms with Gasteiger partial charge in [0.25, 0.3) is 0 Å². The largest absolute Gasteiger partial charge is 0.478 e. The minimum absolute atomic E-state index is 0.166. The second-order valence-electron chi connectivity index (χ2n) is 4.55. The lowest BCUT2D eigenvalue weighted by atomic mass is 10.1. The van der Waals surface area contributed by atoms with E-state index in [1.165, 1.54) is 12.1 Å². The van der Waals surface area contributed by atoms with Crippen LogP contribution in [0.1, 0.15) is 30.6 Å². The van der Waals surface area contributed by atoms with E-state index in [0.29, 0.717) is 18.2 Å². The molecule has 1 aromatic carbocycles. The maximum atomic E-state index is 13.3. The van der Waals surface area contributed by atoms with Gasteiger partial charge in [0.2, 0.25) is 0 Å². The summed E-state index contributed by atoms with van der Waals surface area (Å²) >= 11 is 0. The van der Waals surface area contributed by atoms with Crippen LogP contribution in [0.25, 0.3) is 0 Å². The molecule has 18 heavy (non-hydrogen) atoms. The first-order valence-corrected chi connectivity index (χ1v) is 5.90. The highest BCUT2D eigenvalue weighted by Gasteiger charge is 2.20. The standard InChI is InChI=1S/C13H19FN2O2/c1-4-8(2)7-16(3)10-6-5-9(14)12(15)11(10)13(17)18/h5-6,8H,4,7,15H2,1-3H3,(H,17,18). The zero-order chi connectivity index (χ0) is 13.9. The molecule has 0 fully saturated rings. The number of carboxylic acids is 1.